The molecule has 0 atom stereocenters. The molecule has 1 aromatic rings. The van der Waals surface area contributed by atoms with E-state index in [0.717, 1.165) is 18.2 Å². The maximum absolute atomic E-state index is 12.9. The Balaban J connectivity index is 2.04. The third-order valence-corrected chi connectivity index (χ3v) is 3.41. The van der Waals surface area contributed by atoms with Crippen molar-refractivity contribution in [3.63, 3.8) is 0 Å². The summed E-state index contributed by atoms with van der Waals surface area (Å²) >= 11 is 0. The molecule has 0 bridgehead atoms. The molecule has 0 saturated heterocycles. The van der Waals surface area contributed by atoms with Crippen LogP contribution >= 0.6 is 0 Å². The van der Waals surface area contributed by atoms with Gasteiger partial charge in [-0.2, -0.15) is 0 Å². The summed E-state index contributed by atoms with van der Waals surface area (Å²) in [7, 11) is 2.03. The lowest BCUT2D eigenvalue weighted by Gasteiger charge is -2.24. The molecule has 1 aliphatic rings. The SMILES string of the molecule is CN(CC1CCCC1)c1ccc(F)cc1N. The molecule has 0 aliphatic heterocycles. The van der Waals surface area contributed by atoms with Gasteiger partial charge < -0.3 is 10.6 Å². The third kappa shape index (κ3) is 2.46. The molecule has 16 heavy (non-hydrogen) atoms. The first-order valence-electron chi connectivity index (χ1n) is 5.93. The van der Waals surface area contributed by atoms with E-state index in [0.29, 0.717) is 5.69 Å². The Morgan fingerprint density at radius 2 is 2.06 bits per heavy atom. The van der Waals surface area contributed by atoms with Gasteiger partial charge in [-0.15, -0.1) is 0 Å². The van der Waals surface area contributed by atoms with Gasteiger partial charge in [0.2, 0.25) is 0 Å². The molecule has 0 unspecified atom stereocenters. The summed E-state index contributed by atoms with van der Waals surface area (Å²) in [6.45, 7) is 1.02. The van der Waals surface area contributed by atoms with Gasteiger partial charge >= 0.3 is 0 Å². The van der Waals surface area contributed by atoms with E-state index in [4.69, 9.17) is 5.73 Å². The molecule has 3 heteroatoms. The molecule has 2 nitrogen and oxygen atoms in total. The van der Waals surface area contributed by atoms with E-state index in [-0.39, 0.29) is 5.82 Å². The van der Waals surface area contributed by atoms with Crippen LogP contribution in [-0.2, 0) is 0 Å². The van der Waals surface area contributed by atoms with Crippen LogP contribution in [0.2, 0.25) is 0 Å². The van der Waals surface area contributed by atoms with E-state index in [9.17, 15) is 4.39 Å². The minimum absolute atomic E-state index is 0.268. The van der Waals surface area contributed by atoms with Crippen LogP contribution in [0.15, 0.2) is 18.2 Å². The smallest absolute Gasteiger partial charge is 0.125 e. The number of nitrogens with two attached hydrogens (primary N) is 1. The largest absolute Gasteiger partial charge is 0.397 e. The topological polar surface area (TPSA) is 29.3 Å². The lowest BCUT2D eigenvalue weighted by atomic mass is 10.1. The molecule has 1 fully saturated rings. The zero-order valence-electron chi connectivity index (χ0n) is 9.75. The monoisotopic (exact) mass is 222 g/mol. The van der Waals surface area contributed by atoms with Crippen LogP contribution < -0.4 is 10.6 Å². The predicted octanol–water partition coefficient (Wildman–Crippen LogP) is 3.03. The van der Waals surface area contributed by atoms with Crippen molar-refractivity contribution in [2.75, 3.05) is 24.2 Å². The van der Waals surface area contributed by atoms with Crippen LogP contribution in [0.4, 0.5) is 15.8 Å². The zero-order valence-corrected chi connectivity index (χ0v) is 9.75. The van der Waals surface area contributed by atoms with Gasteiger partial charge in [0.05, 0.1) is 11.4 Å². The second-order valence-electron chi connectivity index (χ2n) is 4.73. The molecular weight excluding hydrogens is 203 g/mol. The molecule has 2 rings (SSSR count). The van der Waals surface area contributed by atoms with Crippen LogP contribution in [0.25, 0.3) is 0 Å². The highest BCUT2D eigenvalue weighted by Crippen LogP contribution is 2.29. The van der Waals surface area contributed by atoms with Crippen molar-refractivity contribution in [3.8, 4) is 0 Å². The number of hydrogen-bond acceptors (Lipinski definition) is 2. The minimum Gasteiger partial charge on any atom is -0.397 e. The number of anilines is 2. The Labute approximate surface area is 96.2 Å². The van der Waals surface area contributed by atoms with Gasteiger partial charge in [0.1, 0.15) is 5.82 Å². The second-order valence-corrected chi connectivity index (χ2v) is 4.73. The average Bonchev–Trinajstić information content (AvgIpc) is 2.70. The molecule has 88 valence electrons. The molecule has 1 saturated carbocycles. The average molecular weight is 222 g/mol. The quantitative estimate of drug-likeness (QED) is 0.796. The summed E-state index contributed by atoms with van der Waals surface area (Å²) < 4.78 is 12.9. The summed E-state index contributed by atoms with van der Waals surface area (Å²) in [5.74, 6) is 0.505. The molecule has 2 N–H and O–H groups in total. The maximum Gasteiger partial charge on any atom is 0.125 e. The zero-order chi connectivity index (χ0) is 11.5. The fourth-order valence-corrected chi connectivity index (χ4v) is 2.55. The Hall–Kier alpha value is -1.25. The highest BCUT2D eigenvalue weighted by atomic mass is 19.1. The van der Waals surface area contributed by atoms with E-state index in [1.165, 1.54) is 37.8 Å². The third-order valence-electron chi connectivity index (χ3n) is 3.41. The van der Waals surface area contributed by atoms with Gasteiger partial charge in [0.25, 0.3) is 0 Å². The second kappa shape index (κ2) is 4.73. The summed E-state index contributed by atoms with van der Waals surface area (Å²) in [4.78, 5) is 2.14. The van der Waals surface area contributed by atoms with Crippen molar-refractivity contribution in [2.45, 2.75) is 25.7 Å². The Morgan fingerprint density at radius 1 is 1.38 bits per heavy atom. The van der Waals surface area contributed by atoms with Crippen LogP contribution in [-0.4, -0.2) is 13.6 Å². The Kier molecular flexibility index (Phi) is 3.32. The Morgan fingerprint density at radius 3 is 2.69 bits per heavy atom. The van der Waals surface area contributed by atoms with Gasteiger partial charge in [0, 0.05) is 13.6 Å². The van der Waals surface area contributed by atoms with Crippen LogP contribution in [0.3, 0.4) is 0 Å². The van der Waals surface area contributed by atoms with E-state index in [1.54, 1.807) is 6.07 Å². The number of nitrogen functional groups attached to an aromatic ring is 1. The number of benzene rings is 1. The van der Waals surface area contributed by atoms with E-state index in [1.807, 2.05) is 7.05 Å². The van der Waals surface area contributed by atoms with Crippen molar-refractivity contribution in [3.05, 3.63) is 24.0 Å². The lowest BCUT2D eigenvalue weighted by molar-refractivity contribution is 0.547. The van der Waals surface area contributed by atoms with Crippen LogP contribution in [0, 0.1) is 11.7 Å². The Bertz CT molecular complexity index is 359. The van der Waals surface area contributed by atoms with Crippen molar-refractivity contribution >= 4 is 11.4 Å². The standard InChI is InChI=1S/C13H19FN2/c1-16(9-10-4-2-3-5-10)13-7-6-11(14)8-12(13)15/h6-8,10H,2-5,9,15H2,1H3. The highest BCUT2D eigenvalue weighted by molar-refractivity contribution is 5.67. The number of hydrogen-bond donors (Lipinski definition) is 1. The van der Waals surface area contributed by atoms with Crippen molar-refractivity contribution < 1.29 is 4.39 Å². The van der Waals surface area contributed by atoms with Gasteiger partial charge in [-0.3, -0.25) is 0 Å². The first kappa shape index (κ1) is 11.2. The maximum atomic E-state index is 12.9. The van der Waals surface area contributed by atoms with E-state index in [2.05, 4.69) is 4.90 Å². The molecular formula is C13H19FN2. The van der Waals surface area contributed by atoms with Crippen molar-refractivity contribution in [1.29, 1.82) is 0 Å². The van der Waals surface area contributed by atoms with Gasteiger partial charge in [-0.25, -0.2) is 4.39 Å². The fourth-order valence-electron chi connectivity index (χ4n) is 2.55. The van der Waals surface area contributed by atoms with Gasteiger partial charge in [-0.05, 0) is 37.0 Å². The van der Waals surface area contributed by atoms with Crippen molar-refractivity contribution in [1.82, 2.24) is 0 Å². The predicted molar refractivity (Wildman–Crippen MR) is 66.0 cm³/mol. The van der Waals surface area contributed by atoms with E-state index >= 15 is 0 Å². The van der Waals surface area contributed by atoms with Crippen molar-refractivity contribution in [2.24, 2.45) is 5.92 Å². The lowest BCUT2D eigenvalue weighted by Crippen LogP contribution is -2.24. The summed E-state index contributed by atoms with van der Waals surface area (Å²) in [6, 6.07) is 4.62. The first-order valence-corrected chi connectivity index (χ1v) is 5.93. The fraction of sp³-hybridized carbons (Fsp3) is 0.538. The summed E-state index contributed by atoms with van der Waals surface area (Å²) in [5.41, 5.74) is 7.28. The highest BCUT2D eigenvalue weighted by Gasteiger charge is 2.17. The molecule has 1 aromatic carbocycles. The molecule has 0 aromatic heterocycles. The van der Waals surface area contributed by atoms with E-state index < -0.39 is 0 Å². The van der Waals surface area contributed by atoms with Crippen LogP contribution in [0.5, 0.6) is 0 Å². The van der Waals surface area contributed by atoms with Gasteiger partial charge in [-0.1, -0.05) is 12.8 Å². The minimum atomic E-state index is -0.268. The van der Waals surface area contributed by atoms with Gasteiger partial charge in [0.15, 0.2) is 0 Å². The first-order chi connectivity index (χ1) is 7.66. The molecule has 0 heterocycles. The molecule has 0 radical (unpaired) electrons. The normalized spacial score (nSPS) is 16.6. The number of nitrogens with zero attached hydrogens (tertiary/aromatic N) is 1. The number of halogens is 1. The summed E-state index contributed by atoms with van der Waals surface area (Å²) in [5, 5.41) is 0. The summed E-state index contributed by atoms with van der Waals surface area (Å²) in [6.07, 6.45) is 5.31. The molecule has 0 amide bonds. The molecule has 0 spiro atoms. The van der Waals surface area contributed by atoms with Crippen LogP contribution in [0.1, 0.15) is 25.7 Å². The number of rotatable bonds is 3. The molecule has 1 aliphatic carbocycles.